The molecule has 3 heteroatoms. The molecule has 0 bridgehead atoms. The summed E-state index contributed by atoms with van der Waals surface area (Å²) >= 11 is 5.68. The molecule has 0 N–H and O–H groups in total. The van der Waals surface area contributed by atoms with Crippen LogP contribution in [0.1, 0.15) is 18.2 Å². The highest BCUT2D eigenvalue weighted by Gasteiger charge is 2.08. The highest BCUT2D eigenvalue weighted by molar-refractivity contribution is 6.16. The summed E-state index contributed by atoms with van der Waals surface area (Å²) in [6.45, 7) is 2.12. The van der Waals surface area contributed by atoms with Crippen molar-refractivity contribution < 1.29 is 4.42 Å². The summed E-state index contributed by atoms with van der Waals surface area (Å²) in [5.41, 5.74) is 3.06. The number of hydrogen-bond acceptors (Lipinski definition) is 2. The Bertz CT molecular complexity index is 450. The van der Waals surface area contributed by atoms with Crippen LogP contribution in [0.5, 0.6) is 0 Å². The standard InChI is InChI=1S/C12H12ClNO/c1-2-9-5-3-4-6-11(9)12-14-10(7-13)8-15-12/h3-6,8H,2,7H2,1H3. The third kappa shape index (κ3) is 2.05. The molecule has 1 aromatic heterocycles. The maximum absolute atomic E-state index is 5.68. The first-order valence-corrected chi connectivity index (χ1v) is 5.47. The second-order valence-electron chi connectivity index (χ2n) is 3.29. The molecule has 0 spiro atoms. The predicted octanol–water partition coefficient (Wildman–Crippen LogP) is 3.64. The van der Waals surface area contributed by atoms with Crippen molar-refractivity contribution in [3.05, 3.63) is 41.8 Å². The lowest BCUT2D eigenvalue weighted by Crippen LogP contribution is -1.87. The van der Waals surface area contributed by atoms with E-state index in [2.05, 4.69) is 18.0 Å². The molecule has 0 aliphatic heterocycles. The number of hydrogen-bond donors (Lipinski definition) is 0. The lowest BCUT2D eigenvalue weighted by molar-refractivity contribution is 0.572. The molecule has 0 aliphatic carbocycles. The molecule has 2 rings (SSSR count). The smallest absolute Gasteiger partial charge is 0.226 e. The van der Waals surface area contributed by atoms with Crippen molar-refractivity contribution in [2.45, 2.75) is 19.2 Å². The number of oxazole rings is 1. The van der Waals surface area contributed by atoms with Crippen LogP contribution in [0.15, 0.2) is 34.9 Å². The van der Waals surface area contributed by atoms with Crippen molar-refractivity contribution in [3.63, 3.8) is 0 Å². The van der Waals surface area contributed by atoms with Crippen molar-refractivity contribution in [2.24, 2.45) is 0 Å². The van der Waals surface area contributed by atoms with Gasteiger partial charge in [-0.1, -0.05) is 25.1 Å². The van der Waals surface area contributed by atoms with E-state index in [1.165, 1.54) is 5.56 Å². The van der Waals surface area contributed by atoms with Gasteiger partial charge in [0.2, 0.25) is 5.89 Å². The minimum atomic E-state index is 0.387. The molecule has 0 saturated carbocycles. The van der Waals surface area contributed by atoms with Crippen LogP contribution in [0.4, 0.5) is 0 Å². The van der Waals surface area contributed by atoms with E-state index in [0.717, 1.165) is 17.7 Å². The molecule has 1 aromatic carbocycles. The largest absolute Gasteiger partial charge is 0.444 e. The third-order valence-corrected chi connectivity index (χ3v) is 2.59. The fourth-order valence-corrected chi connectivity index (χ4v) is 1.65. The Kier molecular flexibility index (Phi) is 3.07. The first-order chi connectivity index (χ1) is 7.35. The van der Waals surface area contributed by atoms with E-state index in [1.54, 1.807) is 6.26 Å². The first kappa shape index (κ1) is 10.2. The molecule has 0 radical (unpaired) electrons. The van der Waals surface area contributed by atoms with E-state index < -0.39 is 0 Å². The maximum atomic E-state index is 5.68. The van der Waals surface area contributed by atoms with Crippen molar-refractivity contribution in [2.75, 3.05) is 0 Å². The molecule has 0 amide bonds. The highest BCUT2D eigenvalue weighted by atomic mass is 35.5. The van der Waals surface area contributed by atoms with Gasteiger partial charge in [-0.3, -0.25) is 0 Å². The monoisotopic (exact) mass is 221 g/mol. The molecule has 0 atom stereocenters. The zero-order valence-electron chi connectivity index (χ0n) is 8.53. The fourth-order valence-electron chi connectivity index (χ4n) is 1.53. The van der Waals surface area contributed by atoms with E-state index in [-0.39, 0.29) is 0 Å². The van der Waals surface area contributed by atoms with Gasteiger partial charge in [-0.25, -0.2) is 4.98 Å². The summed E-state index contributed by atoms with van der Waals surface area (Å²) in [6, 6.07) is 8.11. The number of rotatable bonds is 3. The Balaban J connectivity index is 2.44. The van der Waals surface area contributed by atoms with Gasteiger partial charge in [-0.05, 0) is 18.1 Å². The molecule has 0 aliphatic rings. The van der Waals surface area contributed by atoms with Gasteiger partial charge in [0, 0.05) is 5.56 Å². The van der Waals surface area contributed by atoms with Crippen molar-refractivity contribution in [1.82, 2.24) is 4.98 Å². The van der Waals surface area contributed by atoms with Crippen molar-refractivity contribution in [1.29, 1.82) is 0 Å². The van der Waals surface area contributed by atoms with E-state index in [1.807, 2.05) is 18.2 Å². The van der Waals surface area contributed by atoms with Gasteiger partial charge >= 0.3 is 0 Å². The Morgan fingerprint density at radius 2 is 2.13 bits per heavy atom. The molecule has 15 heavy (non-hydrogen) atoms. The van der Waals surface area contributed by atoms with Crippen LogP contribution in [0.3, 0.4) is 0 Å². The van der Waals surface area contributed by atoms with Gasteiger partial charge in [-0.15, -0.1) is 11.6 Å². The fraction of sp³-hybridized carbons (Fsp3) is 0.250. The normalized spacial score (nSPS) is 10.5. The Morgan fingerprint density at radius 3 is 2.80 bits per heavy atom. The molecule has 78 valence electrons. The van der Waals surface area contributed by atoms with Crippen LogP contribution in [0.25, 0.3) is 11.5 Å². The SMILES string of the molecule is CCc1ccccc1-c1nc(CCl)co1. The van der Waals surface area contributed by atoms with E-state index in [4.69, 9.17) is 16.0 Å². The summed E-state index contributed by atoms with van der Waals surface area (Å²) in [6.07, 6.45) is 2.57. The van der Waals surface area contributed by atoms with E-state index in [0.29, 0.717) is 11.8 Å². The van der Waals surface area contributed by atoms with Crippen LogP contribution < -0.4 is 0 Å². The number of aromatic nitrogens is 1. The summed E-state index contributed by atoms with van der Waals surface area (Å²) < 4.78 is 5.39. The van der Waals surface area contributed by atoms with Crippen LogP contribution in [-0.4, -0.2) is 4.98 Å². The van der Waals surface area contributed by atoms with Gasteiger partial charge in [0.05, 0.1) is 11.6 Å². The van der Waals surface area contributed by atoms with Gasteiger partial charge < -0.3 is 4.42 Å². The minimum absolute atomic E-state index is 0.387. The third-order valence-electron chi connectivity index (χ3n) is 2.32. The number of halogens is 1. The molecule has 1 heterocycles. The average Bonchev–Trinajstić information content (AvgIpc) is 2.77. The minimum Gasteiger partial charge on any atom is -0.444 e. The average molecular weight is 222 g/mol. The predicted molar refractivity (Wildman–Crippen MR) is 60.9 cm³/mol. The van der Waals surface area contributed by atoms with Gasteiger partial charge in [0.25, 0.3) is 0 Å². The number of aryl methyl sites for hydroxylation is 1. The Labute approximate surface area is 93.9 Å². The van der Waals surface area contributed by atoms with Crippen molar-refractivity contribution in [3.8, 4) is 11.5 Å². The number of nitrogens with zero attached hydrogens (tertiary/aromatic N) is 1. The maximum Gasteiger partial charge on any atom is 0.226 e. The van der Waals surface area contributed by atoms with Crippen LogP contribution >= 0.6 is 11.6 Å². The lowest BCUT2D eigenvalue weighted by atomic mass is 10.1. The van der Waals surface area contributed by atoms with Crippen LogP contribution in [0, 0.1) is 0 Å². The molecular weight excluding hydrogens is 210 g/mol. The Hall–Kier alpha value is -1.28. The molecule has 0 saturated heterocycles. The van der Waals surface area contributed by atoms with E-state index in [9.17, 15) is 0 Å². The van der Waals surface area contributed by atoms with Gasteiger partial charge in [0.15, 0.2) is 0 Å². The topological polar surface area (TPSA) is 26.0 Å². The van der Waals surface area contributed by atoms with Gasteiger partial charge in [-0.2, -0.15) is 0 Å². The summed E-state index contributed by atoms with van der Waals surface area (Å²) in [5, 5.41) is 0. The Morgan fingerprint density at radius 1 is 1.33 bits per heavy atom. The highest BCUT2D eigenvalue weighted by Crippen LogP contribution is 2.23. The zero-order valence-corrected chi connectivity index (χ0v) is 9.29. The molecule has 2 nitrogen and oxygen atoms in total. The second kappa shape index (κ2) is 4.49. The molecule has 0 unspecified atom stereocenters. The molecule has 0 fully saturated rings. The molecular formula is C12H12ClNO. The summed E-state index contributed by atoms with van der Waals surface area (Å²) in [4.78, 5) is 4.31. The molecule has 2 aromatic rings. The lowest BCUT2D eigenvalue weighted by Gasteiger charge is -2.02. The summed E-state index contributed by atoms with van der Waals surface area (Å²) in [7, 11) is 0. The number of alkyl halides is 1. The van der Waals surface area contributed by atoms with Crippen LogP contribution in [-0.2, 0) is 12.3 Å². The van der Waals surface area contributed by atoms with Crippen LogP contribution in [0.2, 0.25) is 0 Å². The second-order valence-corrected chi connectivity index (χ2v) is 3.56. The zero-order chi connectivity index (χ0) is 10.7. The number of benzene rings is 1. The van der Waals surface area contributed by atoms with Gasteiger partial charge in [0.1, 0.15) is 6.26 Å². The quantitative estimate of drug-likeness (QED) is 0.740. The summed E-state index contributed by atoms with van der Waals surface area (Å²) in [5.74, 6) is 1.04. The first-order valence-electron chi connectivity index (χ1n) is 4.93. The van der Waals surface area contributed by atoms with E-state index >= 15 is 0 Å². The van der Waals surface area contributed by atoms with Crippen molar-refractivity contribution >= 4 is 11.6 Å².